The summed E-state index contributed by atoms with van der Waals surface area (Å²) in [6.45, 7) is 6.84. The van der Waals surface area contributed by atoms with E-state index >= 15 is 0 Å². The van der Waals surface area contributed by atoms with E-state index in [9.17, 15) is 0 Å². The molecular weight excluding hydrogens is 362 g/mol. The third kappa shape index (κ3) is 2.85. The average Bonchev–Trinajstić information content (AvgIpc) is 3.04. The van der Waals surface area contributed by atoms with Gasteiger partial charge in [-0.3, -0.25) is 0 Å². The van der Waals surface area contributed by atoms with Crippen LogP contribution in [0.3, 0.4) is 0 Å². The molecule has 0 fully saturated rings. The molecule has 1 atom stereocenters. The van der Waals surface area contributed by atoms with Crippen LogP contribution in [-0.4, -0.2) is 0 Å². The second-order valence-corrected chi connectivity index (χ2v) is 8.47. The Balaban J connectivity index is 1.72. The molecule has 0 saturated heterocycles. The largest absolute Gasteiger partial charge is 0.310 e. The molecule has 1 aliphatic carbocycles. The van der Waals surface area contributed by atoms with Gasteiger partial charge in [-0.15, -0.1) is 0 Å². The molecule has 0 saturated carbocycles. The first-order valence-electron chi connectivity index (χ1n) is 10.8. The summed E-state index contributed by atoms with van der Waals surface area (Å²) >= 11 is 0. The fraction of sp³-hybridized carbons (Fsp3) is 0.172. The van der Waals surface area contributed by atoms with Crippen LogP contribution in [0, 0.1) is 6.92 Å². The van der Waals surface area contributed by atoms with Gasteiger partial charge in [-0.05, 0) is 77.6 Å². The first kappa shape index (κ1) is 18.7. The van der Waals surface area contributed by atoms with Gasteiger partial charge in [0.2, 0.25) is 0 Å². The van der Waals surface area contributed by atoms with Crippen LogP contribution in [0.25, 0.3) is 11.1 Å². The van der Waals surface area contributed by atoms with Gasteiger partial charge in [0.1, 0.15) is 0 Å². The van der Waals surface area contributed by atoms with E-state index < -0.39 is 0 Å². The van der Waals surface area contributed by atoms with E-state index in [4.69, 9.17) is 0 Å². The molecule has 1 unspecified atom stereocenters. The molecule has 0 spiro atoms. The van der Waals surface area contributed by atoms with E-state index in [2.05, 4.69) is 123 Å². The molecule has 4 aromatic carbocycles. The maximum absolute atomic E-state index is 2.41. The molecule has 30 heavy (non-hydrogen) atoms. The van der Waals surface area contributed by atoms with Gasteiger partial charge in [-0.1, -0.05) is 74.5 Å². The Hall–Kier alpha value is -3.32. The van der Waals surface area contributed by atoms with Crippen molar-refractivity contribution in [1.29, 1.82) is 0 Å². The summed E-state index contributed by atoms with van der Waals surface area (Å²) in [5.41, 5.74) is 10.5. The first-order valence-corrected chi connectivity index (χ1v) is 10.8. The number of anilines is 3. The molecule has 1 aliphatic rings. The Morgan fingerprint density at radius 1 is 0.633 bits per heavy atom. The average molecular weight is 390 g/mol. The highest BCUT2D eigenvalue weighted by Crippen LogP contribution is 2.52. The Bertz CT molecular complexity index is 1210. The van der Waals surface area contributed by atoms with Crippen molar-refractivity contribution < 1.29 is 0 Å². The minimum Gasteiger partial charge on any atom is -0.310 e. The molecule has 0 N–H and O–H groups in total. The molecule has 148 valence electrons. The van der Waals surface area contributed by atoms with Crippen LogP contribution in [0.4, 0.5) is 17.1 Å². The molecule has 0 radical (unpaired) electrons. The van der Waals surface area contributed by atoms with Crippen LogP contribution in [0.2, 0.25) is 0 Å². The normalized spacial score (nSPS) is 16.8. The molecule has 0 heterocycles. The van der Waals surface area contributed by atoms with Crippen molar-refractivity contribution in [1.82, 2.24) is 0 Å². The van der Waals surface area contributed by atoms with Gasteiger partial charge in [-0.25, -0.2) is 0 Å². The highest BCUT2D eigenvalue weighted by molar-refractivity contribution is 5.85. The summed E-state index contributed by atoms with van der Waals surface area (Å²) in [4.78, 5) is 2.37. The summed E-state index contributed by atoms with van der Waals surface area (Å²) in [6, 6.07) is 35.3. The summed E-state index contributed by atoms with van der Waals surface area (Å²) in [6.07, 6.45) is 1.08. The first-order chi connectivity index (χ1) is 14.6. The van der Waals surface area contributed by atoms with E-state index in [1.54, 1.807) is 0 Å². The van der Waals surface area contributed by atoms with E-state index in [-0.39, 0.29) is 5.41 Å². The molecule has 5 rings (SSSR count). The second kappa shape index (κ2) is 7.18. The lowest BCUT2D eigenvalue weighted by molar-refractivity contribution is 0.564. The monoisotopic (exact) mass is 389 g/mol. The van der Waals surface area contributed by atoms with Crippen LogP contribution in [0.15, 0.2) is 97.1 Å². The van der Waals surface area contributed by atoms with Gasteiger partial charge in [0.25, 0.3) is 0 Å². The third-order valence-corrected chi connectivity index (χ3v) is 6.65. The number of nitrogens with zero attached hydrogens (tertiary/aromatic N) is 1. The lowest BCUT2D eigenvalue weighted by atomic mass is 9.78. The topological polar surface area (TPSA) is 3.24 Å². The van der Waals surface area contributed by atoms with E-state index in [0.29, 0.717) is 0 Å². The number of benzene rings is 4. The fourth-order valence-electron chi connectivity index (χ4n) is 4.88. The van der Waals surface area contributed by atoms with E-state index in [1.807, 2.05) is 0 Å². The molecule has 0 aromatic heterocycles. The van der Waals surface area contributed by atoms with Gasteiger partial charge < -0.3 is 4.90 Å². The molecule has 0 aliphatic heterocycles. The Kier molecular flexibility index (Phi) is 4.47. The molecule has 1 nitrogen and oxygen atoms in total. The summed E-state index contributed by atoms with van der Waals surface area (Å²) in [7, 11) is 0. The Morgan fingerprint density at radius 2 is 1.30 bits per heavy atom. The Labute approximate surface area is 179 Å². The van der Waals surface area contributed by atoms with Gasteiger partial charge >= 0.3 is 0 Å². The van der Waals surface area contributed by atoms with Crippen molar-refractivity contribution in [3.05, 3.63) is 114 Å². The minimum atomic E-state index is 0.0386. The number of fused-ring (bicyclic) bond motifs is 3. The van der Waals surface area contributed by atoms with Crippen LogP contribution >= 0.6 is 0 Å². The lowest BCUT2D eigenvalue weighted by Crippen LogP contribution is -2.20. The third-order valence-electron chi connectivity index (χ3n) is 6.65. The van der Waals surface area contributed by atoms with Crippen LogP contribution in [0.5, 0.6) is 0 Å². The van der Waals surface area contributed by atoms with Crippen molar-refractivity contribution in [2.45, 2.75) is 32.6 Å². The number of aryl methyl sites for hydroxylation is 1. The zero-order valence-corrected chi connectivity index (χ0v) is 17.9. The predicted molar refractivity (Wildman–Crippen MR) is 128 cm³/mol. The van der Waals surface area contributed by atoms with Crippen molar-refractivity contribution in [2.24, 2.45) is 0 Å². The molecule has 4 aromatic rings. The van der Waals surface area contributed by atoms with Crippen molar-refractivity contribution >= 4 is 17.1 Å². The maximum Gasteiger partial charge on any atom is 0.0465 e. The SMILES string of the molecule is CCC1(C)c2ccccc2-c2ccc(N(c3ccccc3)c3cccc(C)c3)cc21. The van der Waals surface area contributed by atoms with Gasteiger partial charge in [0, 0.05) is 22.5 Å². The highest BCUT2D eigenvalue weighted by atomic mass is 15.1. The van der Waals surface area contributed by atoms with Crippen LogP contribution in [0.1, 0.15) is 37.0 Å². The standard InChI is InChI=1S/C29H27N/c1-4-29(3)27-16-9-8-15-25(27)26-18-17-24(20-28(26)29)30(22-12-6-5-7-13-22)23-14-10-11-21(2)19-23/h5-20H,4H2,1-3H3. The molecule has 1 heteroatoms. The quantitative estimate of drug-likeness (QED) is 0.340. The summed E-state index contributed by atoms with van der Waals surface area (Å²) in [5, 5.41) is 0. The maximum atomic E-state index is 2.41. The van der Waals surface area contributed by atoms with Gasteiger partial charge in [0.15, 0.2) is 0 Å². The minimum absolute atomic E-state index is 0.0386. The van der Waals surface area contributed by atoms with Gasteiger partial charge in [-0.2, -0.15) is 0 Å². The number of rotatable bonds is 4. The van der Waals surface area contributed by atoms with E-state index in [0.717, 1.165) is 6.42 Å². The predicted octanol–water partition coefficient (Wildman–Crippen LogP) is 8.16. The van der Waals surface area contributed by atoms with Crippen molar-refractivity contribution in [2.75, 3.05) is 4.90 Å². The fourth-order valence-corrected chi connectivity index (χ4v) is 4.88. The zero-order valence-electron chi connectivity index (χ0n) is 17.9. The number of hydrogen-bond acceptors (Lipinski definition) is 1. The second-order valence-electron chi connectivity index (χ2n) is 8.47. The number of hydrogen-bond donors (Lipinski definition) is 0. The Morgan fingerprint density at radius 3 is 2.07 bits per heavy atom. The molecule has 0 amide bonds. The lowest BCUT2D eigenvalue weighted by Gasteiger charge is -2.29. The van der Waals surface area contributed by atoms with Gasteiger partial charge in [0.05, 0.1) is 0 Å². The summed E-state index contributed by atoms with van der Waals surface area (Å²) in [5.74, 6) is 0. The molecular formula is C29H27N. The van der Waals surface area contributed by atoms with E-state index in [1.165, 1.54) is 44.9 Å². The molecule has 0 bridgehead atoms. The zero-order chi connectivity index (χ0) is 20.7. The smallest absolute Gasteiger partial charge is 0.0465 e. The number of para-hydroxylation sites is 1. The van der Waals surface area contributed by atoms with Crippen molar-refractivity contribution in [3.63, 3.8) is 0 Å². The van der Waals surface area contributed by atoms with Crippen LogP contribution < -0.4 is 4.90 Å². The highest BCUT2D eigenvalue weighted by Gasteiger charge is 2.38. The van der Waals surface area contributed by atoms with Crippen LogP contribution in [-0.2, 0) is 5.41 Å². The van der Waals surface area contributed by atoms with Crippen molar-refractivity contribution in [3.8, 4) is 11.1 Å². The summed E-state index contributed by atoms with van der Waals surface area (Å²) < 4.78 is 0.